The van der Waals surface area contributed by atoms with Crippen LogP contribution < -0.4 is 4.74 Å². The van der Waals surface area contributed by atoms with E-state index in [9.17, 15) is 17.6 Å². The molecule has 2 aromatic rings. The molecular formula is C10H5BrClF4N3O. The highest BCUT2D eigenvalue weighted by Crippen LogP contribution is 2.29. The predicted octanol–water partition coefficient (Wildman–Crippen LogP) is 4.19. The van der Waals surface area contributed by atoms with E-state index in [-0.39, 0.29) is 15.5 Å². The minimum atomic E-state index is -4.52. The molecule has 0 fully saturated rings. The van der Waals surface area contributed by atoms with Gasteiger partial charge in [-0.25, -0.2) is 9.07 Å². The second-order valence-electron chi connectivity index (χ2n) is 3.59. The molecule has 1 aromatic heterocycles. The maximum Gasteiger partial charge on any atom is 0.408 e. The summed E-state index contributed by atoms with van der Waals surface area (Å²) in [5, 5.41) is 3.25. The van der Waals surface area contributed by atoms with Crippen molar-refractivity contribution in [1.82, 2.24) is 14.8 Å². The fourth-order valence-corrected chi connectivity index (χ4v) is 1.82. The first-order chi connectivity index (χ1) is 9.26. The van der Waals surface area contributed by atoms with Crippen molar-refractivity contribution in [1.29, 1.82) is 0 Å². The van der Waals surface area contributed by atoms with Crippen LogP contribution in [-0.4, -0.2) is 20.9 Å². The highest BCUT2D eigenvalue weighted by Gasteiger charge is 2.31. The minimum absolute atomic E-state index is 0.112. The van der Waals surface area contributed by atoms with Crippen molar-refractivity contribution in [2.24, 2.45) is 0 Å². The predicted molar refractivity (Wildman–Crippen MR) is 65.3 cm³/mol. The van der Waals surface area contributed by atoms with Crippen LogP contribution in [0.1, 0.15) is 0 Å². The zero-order chi connectivity index (χ0) is 14.9. The van der Waals surface area contributed by atoms with Gasteiger partial charge in [0.2, 0.25) is 4.73 Å². The van der Waals surface area contributed by atoms with Crippen LogP contribution in [0, 0.1) is 5.82 Å². The zero-order valence-electron chi connectivity index (χ0n) is 9.46. The molecule has 1 heterocycles. The van der Waals surface area contributed by atoms with E-state index in [0.717, 1.165) is 0 Å². The largest absolute Gasteiger partial charge is 0.421 e. The number of halogens is 6. The van der Waals surface area contributed by atoms with E-state index < -0.39 is 24.5 Å². The summed E-state index contributed by atoms with van der Waals surface area (Å²) in [6, 6.07) is 3.37. The second kappa shape index (κ2) is 5.57. The Morgan fingerprint density at radius 3 is 2.70 bits per heavy atom. The molecule has 4 nitrogen and oxygen atoms in total. The van der Waals surface area contributed by atoms with Gasteiger partial charge in [0, 0.05) is 0 Å². The second-order valence-corrected chi connectivity index (χ2v) is 4.71. The topological polar surface area (TPSA) is 39.9 Å². The van der Waals surface area contributed by atoms with Gasteiger partial charge in [0.15, 0.2) is 11.6 Å². The first kappa shape index (κ1) is 15.0. The van der Waals surface area contributed by atoms with E-state index in [1.165, 1.54) is 18.2 Å². The summed E-state index contributed by atoms with van der Waals surface area (Å²) in [7, 11) is 0. The maximum absolute atomic E-state index is 13.6. The Balaban J connectivity index is 2.32. The van der Waals surface area contributed by atoms with E-state index in [4.69, 9.17) is 16.3 Å². The molecule has 0 aliphatic rings. The van der Waals surface area contributed by atoms with Crippen molar-refractivity contribution in [2.45, 2.75) is 12.7 Å². The Bertz CT molecular complexity index is 631. The number of alkyl halides is 3. The van der Waals surface area contributed by atoms with Crippen molar-refractivity contribution in [2.75, 3.05) is 0 Å². The summed E-state index contributed by atoms with van der Waals surface area (Å²) in [6.45, 7) is -1.41. The van der Waals surface area contributed by atoms with Gasteiger partial charge in [-0.05, 0) is 28.1 Å². The van der Waals surface area contributed by atoms with Crippen molar-refractivity contribution < 1.29 is 22.3 Å². The third-order valence-electron chi connectivity index (χ3n) is 2.06. The van der Waals surface area contributed by atoms with Crippen LogP contribution in [0.15, 0.2) is 22.9 Å². The smallest absolute Gasteiger partial charge is 0.408 e. The lowest BCUT2D eigenvalue weighted by Gasteiger charge is -2.10. The third-order valence-corrected chi connectivity index (χ3v) is 2.69. The van der Waals surface area contributed by atoms with Crippen molar-refractivity contribution in [3.63, 3.8) is 0 Å². The lowest BCUT2D eigenvalue weighted by Crippen LogP contribution is -2.19. The molecule has 0 aliphatic heterocycles. The number of rotatable bonds is 3. The standard InChI is InChI=1S/C10H5BrClF4N3O/c11-8-17-9(19(18-8)4-10(14,15)16)20-6-3-1-2-5(12)7(6)13/h1-3H,4H2. The van der Waals surface area contributed by atoms with E-state index in [1.807, 2.05) is 0 Å². The van der Waals surface area contributed by atoms with Crippen LogP contribution in [0.5, 0.6) is 11.8 Å². The van der Waals surface area contributed by atoms with Crippen LogP contribution in [0.4, 0.5) is 17.6 Å². The number of nitrogens with zero attached hydrogens (tertiary/aromatic N) is 3. The highest BCUT2D eigenvalue weighted by molar-refractivity contribution is 9.10. The molecule has 0 spiro atoms. The number of hydrogen-bond acceptors (Lipinski definition) is 3. The van der Waals surface area contributed by atoms with Crippen molar-refractivity contribution >= 4 is 27.5 Å². The third kappa shape index (κ3) is 3.60. The van der Waals surface area contributed by atoms with Crippen molar-refractivity contribution in [3.05, 3.63) is 33.8 Å². The molecule has 0 amide bonds. The molecule has 20 heavy (non-hydrogen) atoms. The molecular weight excluding hydrogens is 369 g/mol. The number of hydrogen-bond donors (Lipinski definition) is 0. The van der Waals surface area contributed by atoms with Gasteiger partial charge in [0.05, 0.1) is 5.02 Å². The summed E-state index contributed by atoms with van der Waals surface area (Å²) >= 11 is 8.37. The summed E-state index contributed by atoms with van der Waals surface area (Å²) in [4.78, 5) is 3.60. The molecule has 0 saturated carbocycles. The maximum atomic E-state index is 13.6. The Kier molecular flexibility index (Phi) is 4.19. The van der Waals surface area contributed by atoms with Crippen LogP contribution in [0.2, 0.25) is 5.02 Å². The normalized spacial score (nSPS) is 11.7. The molecule has 0 bridgehead atoms. The van der Waals surface area contributed by atoms with E-state index in [1.54, 1.807) is 0 Å². The molecule has 0 saturated heterocycles. The van der Waals surface area contributed by atoms with Gasteiger partial charge in [-0.3, -0.25) is 0 Å². The van der Waals surface area contributed by atoms with E-state index >= 15 is 0 Å². The average Bonchev–Trinajstić information content (AvgIpc) is 2.63. The van der Waals surface area contributed by atoms with Crippen LogP contribution in [0.3, 0.4) is 0 Å². The van der Waals surface area contributed by atoms with Gasteiger partial charge in [-0.2, -0.15) is 18.2 Å². The van der Waals surface area contributed by atoms with Gasteiger partial charge >= 0.3 is 12.2 Å². The Labute approximate surface area is 123 Å². The number of aromatic nitrogens is 3. The summed E-state index contributed by atoms with van der Waals surface area (Å²) in [5.41, 5.74) is 0. The Hall–Kier alpha value is -1.35. The lowest BCUT2D eigenvalue weighted by atomic mass is 10.3. The van der Waals surface area contributed by atoms with Gasteiger partial charge < -0.3 is 4.74 Å². The van der Waals surface area contributed by atoms with Crippen LogP contribution >= 0.6 is 27.5 Å². The van der Waals surface area contributed by atoms with E-state index in [2.05, 4.69) is 26.0 Å². The Morgan fingerprint density at radius 2 is 2.05 bits per heavy atom. The fraction of sp³-hybridized carbons (Fsp3) is 0.200. The SMILES string of the molecule is Fc1c(Cl)cccc1Oc1nc(Br)nn1CC(F)(F)F. The Morgan fingerprint density at radius 1 is 1.35 bits per heavy atom. The highest BCUT2D eigenvalue weighted by atomic mass is 79.9. The van der Waals surface area contributed by atoms with Crippen LogP contribution in [-0.2, 0) is 6.54 Å². The van der Waals surface area contributed by atoms with Gasteiger partial charge in [0.1, 0.15) is 6.54 Å². The van der Waals surface area contributed by atoms with Crippen LogP contribution in [0.25, 0.3) is 0 Å². The summed E-state index contributed by atoms with van der Waals surface area (Å²) in [6.07, 6.45) is -4.52. The molecule has 0 N–H and O–H groups in total. The lowest BCUT2D eigenvalue weighted by molar-refractivity contribution is -0.143. The number of benzene rings is 1. The molecule has 1 aromatic carbocycles. The molecule has 0 unspecified atom stereocenters. The first-order valence-corrected chi connectivity index (χ1v) is 6.22. The molecule has 0 radical (unpaired) electrons. The monoisotopic (exact) mass is 373 g/mol. The average molecular weight is 375 g/mol. The molecule has 0 atom stereocenters. The summed E-state index contributed by atoms with van der Waals surface area (Å²) in [5.74, 6) is -1.24. The van der Waals surface area contributed by atoms with Gasteiger partial charge in [-0.15, -0.1) is 5.10 Å². The van der Waals surface area contributed by atoms with Crippen molar-refractivity contribution in [3.8, 4) is 11.8 Å². The molecule has 108 valence electrons. The fourth-order valence-electron chi connectivity index (χ4n) is 1.31. The quantitative estimate of drug-likeness (QED) is 0.757. The summed E-state index contributed by atoms with van der Waals surface area (Å²) < 4.78 is 56.0. The van der Waals surface area contributed by atoms with Gasteiger partial charge in [-0.1, -0.05) is 17.7 Å². The first-order valence-electron chi connectivity index (χ1n) is 5.05. The number of ether oxygens (including phenoxy) is 1. The van der Waals surface area contributed by atoms with E-state index in [0.29, 0.717) is 4.68 Å². The minimum Gasteiger partial charge on any atom is -0.421 e. The molecule has 2 rings (SSSR count). The zero-order valence-corrected chi connectivity index (χ0v) is 11.8. The molecule has 10 heteroatoms. The molecule has 0 aliphatic carbocycles. The van der Waals surface area contributed by atoms with Gasteiger partial charge in [0.25, 0.3) is 0 Å².